The second kappa shape index (κ2) is 13.5. The van der Waals surface area contributed by atoms with Gasteiger partial charge in [0, 0.05) is 44.3 Å². The number of nitrogens with zero attached hydrogens (tertiary/aromatic N) is 3. The van der Waals surface area contributed by atoms with Gasteiger partial charge in [0.15, 0.2) is 5.76 Å². The highest BCUT2D eigenvalue weighted by molar-refractivity contribution is 6.35. The molecule has 224 valence electrons. The van der Waals surface area contributed by atoms with Gasteiger partial charge in [0.1, 0.15) is 24.7 Å². The average molecular weight is 633 g/mol. The summed E-state index contributed by atoms with van der Waals surface area (Å²) in [5.41, 5.74) is 6.25. The summed E-state index contributed by atoms with van der Waals surface area (Å²) in [4.78, 5) is 23.7. The van der Waals surface area contributed by atoms with Crippen molar-refractivity contribution in [2.45, 2.75) is 27.1 Å². The van der Waals surface area contributed by atoms with Crippen molar-refractivity contribution in [3.8, 4) is 17.2 Å². The van der Waals surface area contributed by atoms with Crippen LogP contribution in [0.25, 0.3) is 5.69 Å². The molecule has 2 aromatic heterocycles. The molecule has 0 radical (unpaired) electrons. The maximum absolute atomic E-state index is 12.6. The molecule has 2 heterocycles. The van der Waals surface area contributed by atoms with Gasteiger partial charge < -0.3 is 18.5 Å². The number of hydrogen-bond acceptors (Lipinski definition) is 7. The van der Waals surface area contributed by atoms with Crippen LogP contribution in [0.5, 0.6) is 11.5 Å². The number of hydrogen-bond donors (Lipinski definition) is 1. The lowest BCUT2D eigenvalue weighted by Crippen LogP contribution is -2.17. The van der Waals surface area contributed by atoms with Gasteiger partial charge in [0.2, 0.25) is 5.75 Å². The maximum atomic E-state index is 12.6. The van der Waals surface area contributed by atoms with E-state index in [-0.39, 0.29) is 36.0 Å². The fourth-order valence-electron chi connectivity index (χ4n) is 4.45. The van der Waals surface area contributed by atoms with E-state index in [2.05, 4.69) is 27.2 Å². The Morgan fingerprint density at radius 2 is 1.73 bits per heavy atom. The van der Waals surface area contributed by atoms with Crippen molar-refractivity contribution in [1.82, 2.24) is 9.99 Å². The number of rotatable bonds is 11. The summed E-state index contributed by atoms with van der Waals surface area (Å²) < 4.78 is 19.4. The molecular weight excluding hydrogens is 607 g/mol. The zero-order valence-electron chi connectivity index (χ0n) is 23.6. The molecular formula is C32H26Cl2N4O6. The summed E-state index contributed by atoms with van der Waals surface area (Å²) in [6.07, 6.45) is 1.25. The van der Waals surface area contributed by atoms with E-state index in [9.17, 15) is 14.9 Å². The highest BCUT2D eigenvalue weighted by Crippen LogP contribution is 2.32. The van der Waals surface area contributed by atoms with Gasteiger partial charge in [-0.2, -0.15) is 5.10 Å². The van der Waals surface area contributed by atoms with E-state index >= 15 is 0 Å². The van der Waals surface area contributed by atoms with Crippen molar-refractivity contribution in [3.63, 3.8) is 0 Å². The first-order valence-corrected chi connectivity index (χ1v) is 14.1. The molecule has 0 atom stereocenters. The van der Waals surface area contributed by atoms with E-state index in [1.54, 1.807) is 30.3 Å². The number of furan rings is 1. The van der Waals surface area contributed by atoms with Crippen LogP contribution in [0, 0.1) is 24.0 Å². The molecule has 0 bridgehead atoms. The lowest BCUT2D eigenvalue weighted by Gasteiger charge is -2.11. The largest absolute Gasteiger partial charge is 0.486 e. The van der Waals surface area contributed by atoms with E-state index < -0.39 is 10.8 Å². The molecule has 0 aliphatic carbocycles. The van der Waals surface area contributed by atoms with Crippen LogP contribution in [-0.2, 0) is 13.2 Å². The maximum Gasteiger partial charge on any atom is 0.311 e. The summed E-state index contributed by atoms with van der Waals surface area (Å²) in [7, 11) is 0. The smallest absolute Gasteiger partial charge is 0.311 e. The van der Waals surface area contributed by atoms with Gasteiger partial charge in [-0.3, -0.25) is 14.9 Å². The number of amides is 1. The van der Waals surface area contributed by atoms with Gasteiger partial charge in [-0.1, -0.05) is 35.3 Å². The van der Waals surface area contributed by atoms with Gasteiger partial charge in [-0.05, 0) is 80.6 Å². The minimum absolute atomic E-state index is 0.0163. The second-order valence-electron chi connectivity index (χ2n) is 9.68. The number of nitrogens with one attached hydrogen (secondary N) is 1. The normalized spacial score (nSPS) is 11.1. The van der Waals surface area contributed by atoms with Crippen molar-refractivity contribution >= 4 is 41.0 Å². The quantitative estimate of drug-likeness (QED) is 0.0899. The molecule has 5 aromatic rings. The molecule has 1 N–H and O–H groups in total. The number of nitro benzene ring substituents is 1. The predicted octanol–water partition coefficient (Wildman–Crippen LogP) is 7.82. The Labute approximate surface area is 262 Å². The van der Waals surface area contributed by atoms with Crippen LogP contribution in [0.4, 0.5) is 5.69 Å². The highest BCUT2D eigenvalue weighted by atomic mass is 35.5. The Balaban J connectivity index is 1.20. The molecule has 0 spiro atoms. The SMILES string of the molecule is Cc1ccc(C)n1-c1ccc(OCc2ccc(C(=O)N/N=C/c3cccc([N+](=O)[O-])c3OCc3ccc(Cl)cc3Cl)o2)cc1. The van der Waals surface area contributed by atoms with Gasteiger partial charge in [0.25, 0.3) is 0 Å². The number of halogens is 2. The van der Waals surface area contributed by atoms with Crippen LogP contribution in [0.2, 0.25) is 10.0 Å². The Kier molecular flexibility index (Phi) is 9.32. The topological polar surface area (TPSA) is 121 Å². The second-order valence-corrected chi connectivity index (χ2v) is 10.5. The van der Waals surface area contributed by atoms with Crippen molar-refractivity contribution in [1.29, 1.82) is 0 Å². The van der Waals surface area contributed by atoms with Crippen LogP contribution in [0.3, 0.4) is 0 Å². The number of nitro groups is 1. The van der Waals surface area contributed by atoms with Gasteiger partial charge >= 0.3 is 11.6 Å². The number of aryl methyl sites for hydroxylation is 2. The molecule has 1 amide bonds. The van der Waals surface area contributed by atoms with E-state index in [4.69, 9.17) is 37.1 Å². The number of aromatic nitrogens is 1. The minimum Gasteiger partial charge on any atom is -0.486 e. The van der Waals surface area contributed by atoms with E-state index in [1.807, 2.05) is 38.1 Å². The Morgan fingerprint density at radius 1 is 0.977 bits per heavy atom. The van der Waals surface area contributed by atoms with Gasteiger partial charge in [0.05, 0.1) is 11.1 Å². The molecule has 0 fully saturated rings. The zero-order valence-corrected chi connectivity index (χ0v) is 25.1. The third-order valence-corrected chi connectivity index (χ3v) is 7.20. The molecule has 0 aliphatic heterocycles. The molecule has 0 aliphatic rings. The number of ether oxygens (including phenoxy) is 2. The monoisotopic (exact) mass is 632 g/mol. The fourth-order valence-corrected chi connectivity index (χ4v) is 4.91. The van der Waals surface area contributed by atoms with Crippen LogP contribution >= 0.6 is 23.2 Å². The van der Waals surface area contributed by atoms with Crippen LogP contribution in [0.15, 0.2) is 94.4 Å². The fraction of sp³-hybridized carbons (Fsp3) is 0.125. The number of hydrazone groups is 1. The van der Waals surface area contributed by atoms with Crippen molar-refractivity contribution in [2.24, 2.45) is 5.10 Å². The number of benzene rings is 3. The first-order chi connectivity index (χ1) is 21.2. The van der Waals surface area contributed by atoms with Gasteiger partial charge in [-0.25, -0.2) is 5.43 Å². The zero-order chi connectivity index (χ0) is 31.2. The van der Waals surface area contributed by atoms with Gasteiger partial charge in [-0.15, -0.1) is 0 Å². The summed E-state index contributed by atoms with van der Waals surface area (Å²) >= 11 is 12.2. The predicted molar refractivity (Wildman–Crippen MR) is 167 cm³/mol. The summed E-state index contributed by atoms with van der Waals surface area (Å²) in [5.74, 6) is 0.454. The lowest BCUT2D eigenvalue weighted by atomic mass is 10.2. The third kappa shape index (κ3) is 7.11. The van der Waals surface area contributed by atoms with Crippen LogP contribution in [0.1, 0.15) is 38.8 Å². The number of carbonyl (C=O) groups is 1. The van der Waals surface area contributed by atoms with E-state index in [0.29, 0.717) is 27.1 Å². The molecule has 0 saturated carbocycles. The van der Waals surface area contributed by atoms with Crippen molar-refractivity contribution < 1.29 is 23.6 Å². The average Bonchev–Trinajstić information content (AvgIpc) is 3.62. The van der Waals surface area contributed by atoms with E-state index in [1.165, 1.54) is 24.4 Å². The Bertz CT molecular complexity index is 1830. The molecule has 10 nitrogen and oxygen atoms in total. The third-order valence-electron chi connectivity index (χ3n) is 6.61. The Morgan fingerprint density at radius 3 is 2.43 bits per heavy atom. The first-order valence-electron chi connectivity index (χ1n) is 13.3. The molecule has 12 heteroatoms. The molecule has 0 saturated heterocycles. The molecule has 3 aromatic carbocycles. The molecule has 0 unspecified atom stereocenters. The molecule has 5 rings (SSSR count). The number of carbonyl (C=O) groups excluding carboxylic acids is 1. The summed E-state index contributed by atoms with van der Waals surface area (Å²) in [6, 6.07) is 24.2. The number of para-hydroxylation sites is 1. The van der Waals surface area contributed by atoms with Crippen molar-refractivity contribution in [2.75, 3.05) is 0 Å². The highest BCUT2D eigenvalue weighted by Gasteiger charge is 2.19. The summed E-state index contributed by atoms with van der Waals surface area (Å²) in [6.45, 7) is 4.16. The summed E-state index contributed by atoms with van der Waals surface area (Å²) in [5, 5.41) is 16.4. The van der Waals surface area contributed by atoms with Crippen LogP contribution < -0.4 is 14.9 Å². The standard InChI is InChI=1S/C32H26Cl2N4O6/c1-20-6-7-21(2)37(20)25-10-12-26(13-11-25)42-19-27-14-15-30(44-27)32(39)36-35-17-22-4-3-5-29(38(40)41)31(22)43-18-23-8-9-24(33)16-28(23)34/h3-17H,18-19H2,1-2H3,(H,36,39)/b35-17+. The van der Waals surface area contributed by atoms with Crippen LogP contribution in [-0.4, -0.2) is 21.6 Å². The Hall–Kier alpha value is -5.06. The van der Waals surface area contributed by atoms with E-state index in [0.717, 1.165) is 17.1 Å². The molecule has 44 heavy (non-hydrogen) atoms. The first kappa shape index (κ1) is 30.4. The van der Waals surface area contributed by atoms with Crippen molar-refractivity contribution in [3.05, 3.63) is 139 Å². The lowest BCUT2D eigenvalue weighted by molar-refractivity contribution is -0.385. The minimum atomic E-state index is -0.616.